The molecule has 4 nitrogen and oxygen atoms in total. The first-order valence-electron chi connectivity index (χ1n) is 6.59. The molecule has 1 saturated heterocycles. The van der Waals surface area contributed by atoms with Crippen molar-refractivity contribution in [2.75, 3.05) is 38.2 Å². The van der Waals surface area contributed by atoms with Crippen LogP contribution in [0, 0.1) is 0 Å². The standard InChI is InChI=1S/C14H20FN3O.2ClH/c1-11(19)17-13-4-2-12(3-5-13)14(10-15)18-8-6-16-7-9-18;;/h2-5,14,16H,6-10H2,1H3,(H,17,19);2*1H/t14-;;/m1../s1. The summed E-state index contributed by atoms with van der Waals surface area (Å²) < 4.78 is 13.3. The second kappa shape index (κ2) is 9.95. The third kappa shape index (κ3) is 5.79. The molecule has 1 aromatic carbocycles. The van der Waals surface area contributed by atoms with Crippen molar-refractivity contribution in [3.05, 3.63) is 29.8 Å². The van der Waals surface area contributed by atoms with Gasteiger partial charge in [0.25, 0.3) is 0 Å². The van der Waals surface area contributed by atoms with Gasteiger partial charge in [0.05, 0.1) is 6.04 Å². The summed E-state index contributed by atoms with van der Waals surface area (Å²) in [5.74, 6) is -0.100. The summed E-state index contributed by atoms with van der Waals surface area (Å²) in [7, 11) is 0. The monoisotopic (exact) mass is 337 g/mol. The normalized spacial score (nSPS) is 16.3. The van der Waals surface area contributed by atoms with E-state index in [9.17, 15) is 9.18 Å². The molecule has 1 fully saturated rings. The molecule has 0 radical (unpaired) electrons. The summed E-state index contributed by atoms with van der Waals surface area (Å²) in [5.41, 5.74) is 1.70. The highest BCUT2D eigenvalue weighted by Gasteiger charge is 2.21. The fourth-order valence-corrected chi connectivity index (χ4v) is 2.38. The van der Waals surface area contributed by atoms with Crippen LogP contribution in [0.5, 0.6) is 0 Å². The number of amides is 1. The van der Waals surface area contributed by atoms with Gasteiger partial charge in [0.2, 0.25) is 5.91 Å². The van der Waals surface area contributed by atoms with Gasteiger partial charge in [-0.05, 0) is 17.7 Å². The second-order valence-corrected chi connectivity index (χ2v) is 4.76. The van der Waals surface area contributed by atoms with Crippen LogP contribution in [0.3, 0.4) is 0 Å². The first-order valence-corrected chi connectivity index (χ1v) is 6.59. The molecule has 1 aromatic rings. The quantitative estimate of drug-likeness (QED) is 0.886. The Balaban J connectivity index is 0.00000200. The zero-order chi connectivity index (χ0) is 13.7. The molecule has 0 aliphatic carbocycles. The lowest BCUT2D eigenvalue weighted by molar-refractivity contribution is -0.114. The minimum Gasteiger partial charge on any atom is -0.326 e. The van der Waals surface area contributed by atoms with E-state index in [1.165, 1.54) is 6.92 Å². The maximum absolute atomic E-state index is 13.3. The summed E-state index contributed by atoms with van der Waals surface area (Å²) in [5, 5.41) is 5.98. The SMILES string of the molecule is CC(=O)Nc1ccc([C@@H](CF)N2CCNCC2)cc1.Cl.Cl. The molecule has 21 heavy (non-hydrogen) atoms. The highest BCUT2D eigenvalue weighted by atomic mass is 35.5. The fourth-order valence-electron chi connectivity index (χ4n) is 2.38. The van der Waals surface area contributed by atoms with E-state index in [1.54, 1.807) is 0 Å². The number of alkyl halides is 1. The Hall–Kier alpha value is -0.880. The van der Waals surface area contributed by atoms with Crippen LogP contribution in [-0.4, -0.2) is 43.7 Å². The van der Waals surface area contributed by atoms with E-state index < -0.39 is 0 Å². The predicted octanol–water partition coefficient (Wildman–Crippen LogP) is 2.40. The fraction of sp³-hybridized carbons (Fsp3) is 0.500. The van der Waals surface area contributed by atoms with E-state index in [2.05, 4.69) is 15.5 Å². The Morgan fingerprint density at radius 1 is 1.29 bits per heavy atom. The van der Waals surface area contributed by atoms with Gasteiger partial charge in [-0.1, -0.05) is 12.1 Å². The van der Waals surface area contributed by atoms with Gasteiger partial charge in [0.15, 0.2) is 0 Å². The number of halogens is 3. The van der Waals surface area contributed by atoms with E-state index in [-0.39, 0.29) is 43.4 Å². The molecular weight excluding hydrogens is 316 g/mol. The lowest BCUT2D eigenvalue weighted by Crippen LogP contribution is -2.45. The Labute approximate surface area is 137 Å². The molecule has 1 aliphatic heterocycles. The van der Waals surface area contributed by atoms with Crippen LogP contribution in [0.25, 0.3) is 0 Å². The molecule has 1 atom stereocenters. The van der Waals surface area contributed by atoms with Crippen molar-refractivity contribution < 1.29 is 9.18 Å². The smallest absolute Gasteiger partial charge is 0.221 e. The van der Waals surface area contributed by atoms with Gasteiger partial charge in [-0.15, -0.1) is 24.8 Å². The molecule has 120 valence electrons. The van der Waals surface area contributed by atoms with Gasteiger partial charge in [-0.2, -0.15) is 0 Å². The Morgan fingerprint density at radius 2 is 1.86 bits per heavy atom. The summed E-state index contributed by atoms with van der Waals surface area (Å²) >= 11 is 0. The highest BCUT2D eigenvalue weighted by Crippen LogP contribution is 2.23. The summed E-state index contributed by atoms with van der Waals surface area (Å²) in [6.07, 6.45) is 0. The number of hydrogen-bond acceptors (Lipinski definition) is 3. The van der Waals surface area contributed by atoms with Crippen molar-refractivity contribution >= 4 is 36.4 Å². The van der Waals surface area contributed by atoms with E-state index in [0.29, 0.717) is 0 Å². The highest BCUT2D eigenvalue weighted by molar-refractivity contribution is 5.88. The number of carbonyl (C=O) groups is 1. The zero-order valence-corrected chi connectivity index (χ0v) is 13.6. The van der Waals surface area contributed by atoms with Gasteiger partial charge < -0.3 is 10.6 Å². The molecule has 0 bridgehead atoms. The largest absolute Gasteiger partial charge is 0.326 e. The average molecular weight is 338 g/mol. The molecule has 0 aromatic heterocycles. The minimum absolute atomic E-state index is 0. The van der Waals surface area contributed by atoms with Crippen LogP contribution >= 0.6 is 24.8 Å². The van der Waals surface area contributed by atoms with E-state index in [0.717, 1.165) is 37.4 Å². The van der Waals surface area contributed by atoms with Crippen LogP contribution in [-0.2, 0) is 4.79 Å². The maximum Gasteiger partial charge on any atom is 0.221 e. The first-order chi connectivity index (χ1) is 9.20. The van der Waals surface area contributed by atoms with Gasteiger partial charge in [0.1, 0.15) is 6.67 Å². The Morgan fingerprint density at radius 3 is 2.33 bits per heavy atom. The van der Waals surface area contributed by atoms with E-state index in [4.69, 9.17) is 0 Å². The van der Waals surface area contributed by atoms with Gasteiger partial charge in [-0.25, -0.2) is 4.39 Å². The van der Waals surface area contributed by atoms with Crippen LogP contribution in [0.2, 0.25) is 0 Å². The zero-order valence-electron chi connectivity index (χ0n) is 12.0. The number of nitrogens with zero attached hydrogens (tertiary/aromatic N) is 1. The number of nitrogens with one attached hydrogen (secondary N) is 2. The maximum atomic E-state index is 13.3. The Bertz CT molecular complexity index is 425. The van der Waals surface area contributed by atoms with Gasteiger partial charge in [0, 0.05) is 38.8 Å². The summed E-state index contributed by atoms with van der Waals surface area (Å²) in [4.78, 5) is 13.1. The molecule has 1 amide bonds. The number of anilines is 1. The molecule has 0 unspecified atom stereocenters. The Kier molecular flexibility index (Phi) is 9.53. The van der Waals surface area contributed by atoms with E-state index >= 15 is 0 Å². The lowest BCUT2D eigenvalue weighted by Gasteiger charge is -2.33. The third-order valence-corrected chi connectivity index (χ3v) is 3.35. The van der Waals surface area contributed by atoms with Gasteiger partial charge >= 0.3 is 0 Å². The molecule has 2 rings (SSSR count). The first kappa shape index (κ1) is 20.1. The van der Waals surface area contributed by atoms with Crippen molar-refractivity contribution in [2.45, 2.75) is 13.0 Å². The van der Waals surface area contributed by atoms with Crippen LogP contribution in [0.1, 0.15) is 18.5 Å². The van der Waals surface area contributed by atoms with Crippen molar-refractivity contribution in [3.63, 3.8) is 0 Å². The van der Waals surface area contributed by atoms with Crippen LogP contribution in [0.4, 0.5) is 10.1 Å². The van der Waals surface area contributed by atoms with Crippen molar-refractivity contribution in [2.24, 2.45) is 0 Å². The number of hydrogen-bond donors (Lipinski definition) is 2. The molecule has 7 heteroatoms. The lowest BCUT2D eigenvalue weighted by atomic mass is 10.1. The molecule has 2 N–H and O–H groups in total. The molecule has 0 spiro atoms. The topological polar surface area (TPSA) is 44.4 Å². The molecule has 1 heterocycles. The van der Waals surface area contributed by atoms with Crippen molar-refractivity contribution in [3.8, 4) is 0 Å². The number of rotatable bonds is 4. The predicted molar refractivity (Wildman–Crippen MR) is 88.4 cm³/mol. The molecule has 0 saturated carbocycles. The van der Waals surface area contributed by atoms with Crippen LogP contribution in [0.15, 0.2) is 24.3 Å². The second-order valence-electron chi connectivity index (χ2n) is 4.76. The number of benzene rings is 1. The average Bonchev–Trinajstić information content (AvgIpc) is 2.42. The van der Waals surface area contributed by atoms with Crippen molar-refractivity contribution in [1.82, 2.24) is 10.2 Å². The third-order valence-electron chi connectivity index (χ3n) is 3.35. The van der Waals surface area contributed by atoms with E-state index in [1.807, 2.05) is 24.3 Å². The van der Waals surface area contributed by atoms with Crippen LogP contribution < -0.4 is 10.6 Å². The summed E-state index contributed by atoms with van der Waals surface area (Å²) in [6, 6.07) is 7.23. The number of piperazine rings is 1. The van der Waals surface area contributed by atoms with Crippen molar-refractivity contribution in [1.29, 1.82) is 0 Å². The minimum atomic E-state index is -0.389. The summed E-state index contributed by atoms with van der Waals surface area (Å²) in [6.45, 7) is 4.61. The molecular formula is C14H22Cl2FN3O. The van der Waals surface area contributed by atoms with Gasteiger partial charge in [-0.3, -0.25) is 9.69 Å². The molecule has 1 aliphatic rings. The number of carbonyl (C=O) groups excluding carboxylic acids is 1.